The Bertz CT molecular complexity index is 621. The Morgan fingerprint density at radius 3 is 1.46 bits per heavy atom. The van der Waals surface area contributed by atoms with Crippen LogP contribution in [0.15, 0.2) is 24.3 Å². The zero-order valence-electron chi connectivity index (χ0n) is 17.8. The number of amides is 2. The van der Waals surface area contributed by atoms with Crippen LogP contribution in [0.1, 0.15) is 66.2 Å². The van der Waals surface area contributed by atoms with Crippen molar-refractivity contribution in [2.75, 3.05) is 10.6 Å². The Balaban J connectivity index is 1.39. The molecule has 0 aromatic heterocycles. The van der Waals surface area contributed by atoms with Crippen molar-refractivity contribution >= 4 is 23.2 Å². The molecular weight excluding hydrogens is 348 g/mol. The first-order chi connectivity index (χ1) is 13.3. The van der Waals surface area contributed by atoms with Crippen molar-refractivity contribution in [1.82, 2.24) is 0 Å². The molecule has 3 rings (SSSR count). The molecule has 2 aliphatic carbocycles. The van der Waals surface area contributed by atoms with Gasteiger partial charge in [-0.25, -0.2) is 0 Å². The minimum absolute atomic E-state index is 0.136. The molecule has 0 saturated heterocycles. The Morgan fingerprint density at radius 2 is 1.14 bits per heavy atom. The quantitative estimate of drug-likeness (QED) is 0.543. The van der Waals surface area contributed by atoms with Gasteiger partial charge in [-0.15, -0.1) is 0 Å². The second kappa shape index (κ2) is 9.11. The van der Waals surface area contributed by atoms with Gasteiger partial charge in [-0.2, -0.15) is 0 Å². The largest absolute Gasteiger partial charge is 0.326 e. The summed E-state index contributed by atoms with van der Waals surface area (Å²) in [6.45, 7) is 8.92. The molecule has 4 nitrogen and oxygen atoms in total. The molecule has 4 heteroatoms. The SMILES string of the molecule is CC(C)CC[C@@H]1C[C@@H]1C(=O)Nc1ccc(NC(=O)[C@H]2C[C@@H]2CCC(C)C)cc1. The van der Waals surface area contributed by atoms with Gasteiger partial charge in [-0.3, -0.25) is 9.59 Å². The molecule has 0 heterocycles. The van der Waals surface area contributed by atoms with Crippen LogP contribution in [0, 0.1) is 35.5 Å². The van der Waals surface area contributed by atoms with E-state index < -0.39 is 0 Å². The third-order valence-corrected chi connectivity index (χ3v) is 6.17. The maximum Gasteiger partial charge on any atom is 0.227 e. The van der Waals surface area contributed by atoms with Crippen LogP contribution in [-0.2, 0) is 9.59 Å². The van der Waals surface area contributed by atoms with E-state index in [1.54, 1.807) is 0 Å². The lowest BCUT2D eigenvalue weighted by atomic mass is 10.0. The molecule has 2 fully saturated rings. The highest BCUT2D eigenvalue weighted by molar-refractivity contribution is 5.96. The second-order valence-electron chi connectivity index (χ2n) is 9.70. The zero-order valence-corrected chi connectivity index (χ0v) is 17.8. The molecule has 4 atom stereocenters. The second-order valence-corrected chi connectivity index (χ2v) is 9.70. The summed E-state index contributed by atoms with van der Waals surface area (Å²) in [4.78, 5) is 24.7. The molecule has 2 amide bonds. The third kappa shape index (κ3) is 6.08. The minimum atomic E-state index is 0.136. The van der Waals surface area contributed by atoms with E-state index in [2.05, 4.69) is 38.3 Å². The van der Waals surface area contributed by atoms with Gasteiger partial charge in [0.2, 0.25) is 11.8 Å². The van der Waals surface area contributed by atoms with E-state index in [1.807, 2.05) is 24.3 Å². The number of carbonyl (C=O) groups excluding carboxylic acids is 2. The van der Waals surface area contributed by atoms with E-state index in [0.717, 1.165) is 37.1 Å². The number of nitrogens with one attached hydrogen (secondary N) is 2. The predicted octanol–water partition coefficient (Wildman–Crippen LogP) is 5.71. The highest BCUT2D eigenvalue weighted by atomic mass is 16.2. The Labute approximate surface area is 169 Å². The molecule has 0 spiro atoms. The summed E-state index contributed by atoms with van der Waals surface area (Å²) < 4.78 is 0. The van der Waals surface area contributed by atoms with Crippen LogP contribution in [0.3, 0.4) is 0 Å². The molecule has 2 N–H and O–H groups in total. The summed E-state index contributed by atoms with van der Waals surface area (Å²) in [5.74, 6) is 3.15. The van der Waals surface area contributed by atoms with Crippen LogP contribution in [0.25, 0.3) is 0 Å². The molecule has 1 aromatic carbocycles. The minimum Gasteiger partial charge on any atom is -0.326 e. The predicted molar refractivity (Wildman–Crippen MR) is 115 cm³/mol. The number of benzene rings is 1. The molecule has 0 unspecified atom stereocenters. The van der Waals surface area contributed by atoms with Crippen molar-refractivity contribution in [3.05, 3.63) is 24.3 Å². The van der Waals surface area contributed by atoms with Crippen molar-refractivity contribution in [2.45, 2.75) is 66.2 Å². The number of hydrogen-bond acceptors (Lipinski definition) is 2. The lowest BCUT2D eigenvalue weighted by Crippen LogP contribution is -2.16. The van der Waals surface area contributed by atoms with Crippen molar-refractivity contribution in [1.29, 1.82) is 0 Å². The summed E-state index contributed by atoms with van der Waals surface area (Å²) in [5.41, 5.74) is 1.61. The molecule has 2 saturated carbocycles. The molecule has 0 aliphatic heterocycles. The normalized spacial score (nSPS) is 25.6. The molecule has 154 valence electrons. The summed E-state index contributed by atoms with van der Waals surface area (Å²) in [5, 5.41) is 6.04. The van der Waals surface area contributed by atoms with Gasteiger partial charge in [0.05, 0.1) is 0 Å². The van der Waals surface area contributed by atoms with E-state index in [9.17, 15) is 9.59 Å². The topological polar surface area (TPSA) is 58.2 Å². The summed E-state index contributed by atoms with van der Waals surface area (Å²) >= 11 is 0. The first kappa shape index (κ1) is 20.9. The van der Waals surface area contributed by atoms with Crippen LogP contribution < -0.4 is 10.6 Å². The van der Waals surface area contributed by atoms with Crippen LogP contribution in [0.4, 0.5) is 11.4 Å². The van der Waals surface area contributed by atoms with E-state index in [0.29, 0.717) is 23.7 Å². The van der Waals surface area contributed by atoms with Crippen LogP contribution in [0.5, 0.6) is 0 Å². The van der Waals surface area contributed by atoms with Crippen molar-refractivity contribution < 1.29 is 9.59 Å². The lowest BCUT2D eigenvalue weighted by Gasteiger charge is -2.09. The van der Waals surface area contributed by atoms with Crippen LogP contribution >= 0.6 is 0 Å². The van der Waals surface area contributed by atoms with E-state index in [-0.39, 0.29) is 23.7 Å². The Hall–Kier alpha value is -1.84. The average molecular weight is 385 g/mol. The van der Waals surface area contributed by atoms with Crippen molar-refractivity contribution in [2.24, 2.45) is 35.5 Å². The highest BCUT2D eigenvalue weighted by Crippen LogP contribution is 2.44. The molecule has 28 heavy (non-hydrogen) atoms. The van der Waals surface area contributed by atoms with Gasteiger partial charge in [-0.1, -0.05) is 40.5 Å². The van der Waals surface area contributed by atoms with Gasteiger partial charge in [0.1, 0.15) is 0 Å². The van der Waals surface area contributed by atoms with Crippen LogP contribution in [-0.4, -0.2) is 11.8 Å². The first-order valence-corrected chi connectivity index (χ1v) is 11.0. The summed E-state index contributed by atoms with van der Waals surface area (Å²) in [6.07, 6.45) is 6.74. The van der Waals surface area contributed by atoms with Gasteiger partial charge >= 0.3 is 0 Å². The number of carbonyl (C=O) groups is 2. The Kier molecular flexibility index (Phi) is 6.79. The van der Waals surface area contributed by atoms with Crippen LogP contribution in [0.2, 0.25) is 0 Å². The molecule has 1 aromatic rings. The zero-order chi connectivity index (χ0) is 20.3. The van der Waals surface area contributed by atoms with Gasteiger partial charge < -0.3 is 10.6 Å². The van der Waals surface area contributed by atoms with E-state index >= 15 is 0 Å². The van der Waals surface area contributed by atoms with Crippen molar-refractivity contribution in [3.8, 4) is 0 Å². The highest BCUT2D eigenvalue weighted by Gasteiger charge is 2.43. The Morgan fingerprint density at radius 1 is 0.786 bits per heavy atom. The third-order valence-electron chi connectivity index (χ3n) is 6.17. The first-order valence-electron chi connectivity index (χ1n) is 11.0. The van der Waals surface area contributed by atoms with Gasteiger partial charge in [0, 0.05) is 23.2 Å². The average Bonchev–Trinajstić information content (AvgIpc) is 3.53. The number of anilines is 2. The standard InChI is InChI=1S/C24H36N2O2/c1-15(2)5-7-17-13-21(17)23(27)25-19-9-11-20(12-10-19)26-24(28)22-14-18(22)8-6-16(3)4/h9-12,15-18,21-22H,5-8,13-14H2,1-4H3,(H,25,27)(H,26,28)/t17-,18+,21-,22-/m0/s1. The molecule has 0 bridgehead atoms. The molecule has 2 aliphatic rings. The fourth-order valence-corrected chi connectivity index (χ4v) is 3.98. The van der Waals surface area contributed by atoms with E-state index in [4.69, 9.17) is 0 Å². The molecular formula is C24H36N2O2. The summed E-state index contributed by atoms with van der Waals surface area (Å²) in [6, 6.07) is 7.51. The number of hydrogen-bond donors (Lipinski definition) is 2. The van der Waals surface area contributed by atoms with Gasteiger partial charge in [0.25, 0.3) is 0 Å². The molecule has 0 radical (unpaired) electrons. The van der Waals surface area contributed by atoms with E-state index in [1.165, 1.54) is 12.8 Å². The maximum atomic E-state index is 12.4. The lowest BCUT2D eigenvalue weighted by molar-refractivity contribution is -0.118. The number of rotatable bonds is 10. The van der Waals surface area contributed by atoms with Gasteiger partial charge in [0.15, 0.2) is 0 Å². The summed E-state index contributed by atoms with van der Waals surface area (Å²) in [7, 11) is 0. The fourth-order valence-electron chi connectivity index (χ4n) is 3.98. The van der Waals surface area contributed by atoms with Gasteiger partial charge in [-0.05, 0) is 73.6 Å². The monoisotopic (exact) mass is 384 g/mol. The fraction of sp³-hybridized carbons (Fsp3) is 0.667. The smallest absolute Gasteiger partial charge is 0.227 e. The van der Waals surface area contributed by atoms with Crippen molar-refractivity contribution in [3.63, 3.8) is 0 Å². The maximum absolute atomic E-state index is 12.4.